The van der Waals surface area contributed by atoms with E-state index in [0.29, 0.717) is 30.8 Å². The van der Waals surface area contributed by atoms with Crippen LogP contribution < -0.4 is 9.64 Å². The van der Waals surface area contributed by atoms with Gasteiger partial charge in [0.25, 0.3) is 0 Å². The van der Waals surface area contributed by atoms with E-state index < -0.39 is 0 Å². The average molecular weight is 395 g/mol. The van der Waals surface area contributed by atoms with Crippen LogP contribution in [-0.4, -0.2) is 34.2 Å². The maximum absolute atomic E-state index is 9.69. The molecule has 0 radical (unpaired) electrons. The number of ether oxygens (including phenoxy) is 3. The average Bonchev–Trinajstić information content (AvgIpc) is 2.73. The van der Waals surface area contributed by atoms with Gasteiger partial charge in [0.05, 0.1) is 23.5 Å². The molecule has 7 heteroatoms. The van der Waals surface area contributed by atoms with E-state index in [1.807, 2.05) is 36.2 Å². The summed E-state index contributed by atoms with van der Waals surface area (Å²) in [6.45, 7) is 0.388. The highest BCUT2D eigenvalue weighted by atomic mass is 32.2. The van der Waals surface area contributed by atoms with Crippen LogP contribution >= 0.6 is 11.8 Å². The first-order valence-electron chi connectivity index (χ1n) is 8.84. The van der Waals surface area contributed by atoms with E-state index in [-0.39, 0.29) is 11.9 Å². The summed E-state index contributed by atoms with van der Waals surface area (Å²) >= 11 is 1.58. The summed E-state index contributed by atoms with van der Waals surface area (Å²) in [5, 5.41) is 19.2. The van der Waals surface area contributed by atoms with Crippen molar-refractivity contribution in [3.63, 3.8) is 0 Å². The van der Waals surface area contributed by atoms with Crippen molar-refractivity contribution in [2.45, 2.75) is 28.9 Å². The molecule has 144 valence electrons. The highest BCUT2D eigenvalue weighted by Crippen LogP contribution is 2.52. The largest absolute Gasteiger partial charge is 0.490 e. The van der Waals surface area contributed by atoms with Crippen LogP contribution in [0.5, 0.6) is 5.75 Å². The summed E-state index contributed by atoms with van der Waals surface area (Å²) in [4.78, 5) is 4.02. The Morgan fingerprint density at radius 3 is 2.54 bits per heavy atom. The van der Waals surface area contributed by atoms with E-state index in [9.17, 15) is 10.5 Å². The lowest BCUT2D eigenvalue weighted by Gasteiger charge is -2.31. The monoisotopic (exact) mass is 395 g/mol. The van der Waals surface area contributed by atoms with Gasteiger partial charge in [0, 0.05) is 37.5 Å². The predicted octanol–water partition coefficient (Wildman–Crippen LogP) is 4.44. The molecular weight excluding hydrogens is 374 g/mol. The van der Waals surface area contributed by atoms with Crippen molar-refractivity contribution in [3.05, 3.63) is 41.5 Å². The van der Waals surface area contributed by atoms with Crippen LogP contribution in [0.25, 0.3) is 0 Å². The first kappa shape index (κ1) is 20.0. The van der Waals surface area contributed by atoms with E-state index in [2.05, 4.69) is 12.1 Å². The minimum atomic E-state index is -0.288. The van der Waals surface area contributed by atoms with Gasteiger partial charge in [0.1, 0.15) is 17.7 Å². The van der Waals surface area contributed by atoms with Crippen molar-refractivity contribution in [2.24, 2.45) is 0 Å². The summed E-state index contributed by atoms with van der Waals surface area (Å²) in [5.41, 5.74) is 2.44. The van der Waals surface area contributed by atoms with Crippen LogP contribution in [-0.2, 0) is 9.47 Å². The van der Waals surface area contributed by atoms with Crippen molar-refractivity contribution in [3.8, 4) is 17.9 Å². The molecule has 28 heavy (non-hydrogen) atoms. The Hall–Kier alpha value is -2.71. The van der Waals surface area contributed by atoms with Gasteiger partial charge in [0.15, 0.2) is 12.0 Å². The lowest BCUT2D eigenvalue weighted by atomic mass is 10.1. The molecule has 3 rings (SSSR count). The number of fused-ring (bicyclic) bond motifs is 2. The maximum Gasteiger partial charge on any atom is 0.163 e. The summed E-state index contributed by atoms with van der Waals surface area (Å²) in [7, 11) is 5.14. The Bertz CT molecular complexity index is 945. The van der Waals surface area contributed by atoms with Gasteiger partial charge < -0.3 is 19.1 Å². The van der Waals surface area contributed by atoms with Crippen LogP contribution in [0.3, 0.4) is 0 Å². The molecule has 0 spiro atoms. The van der Waals surface area contributed by atoms with Gasteiger partial charge in [-0.05, 0) is 24.6 Å². The van der Waals surface area contributed by atoms with Crippen LogP contribution in [0.15, 0.2) is 40.1 Å². The number of nitrogens with zero attached hydrogens (tertiary/aromatic N) is 3. The third kappa shape index (κ3) is 3.79. The molecule has 0 N–H and O–H groups in total. The predicted molar refractivity (Wildman–Crippen MR) is 107 cm³/mol. The molecule has 0 bridgehead atoms. The normalized spacial score (nSPS) is 12.1. The van der Waals surface area contributed by atoms with Gasteiger partial charge in [-0.1, -0.05) is 23.9 Å². The molecule has 1 aliphatic heterocycles. The number of methoxy groups -OCH3 is 2. The summed E-state index contributed by atoms with van der Waals surface area (Å²) in [6.07, 6.45) is 1.07. The van der Waals surface area contributed by atoms with Crippen molar-refractivity contribution in [1.82, 2.24) is 0 Å². The zero-order valence-electron chi connectivity index (χ0n) is 16.1. The molecule has 0 amide bonds. The standard InChI is InChI=1S/C21H21N3O3S/c1-24-16-7-4-5-8-17(16)28-18-11-14(12-22)15(13-23)21(20(18)24)27-10-6-9-19(25-2)26-3/h4-5,7-8,11,19H,6,9-10H2,1-3H3. The summed E-state index contributed by atoms with van der Waals surface area (Å²) in [5.74, 6) is 0.451. The molecular formula is C21H21N3O3S. The fraction of sp³-hybridized carbons (Fsp3) is 0.333. The minimum absolute atomic E-state index is 0.267. The van der Waals surface area contributed by atoms with Crippen LogP contribution in [0.2, 0.25) is 0 Å². The number of anilines is 2. The van der Waals surface area contributed by atoms with E-state index in [1.54, 1.807) is 32.0 Å². The number of rotatable bonds is 7. The Morgan fingerprint density at radius 1 is 1.11 bits per heavy atom. The third-order valence-corrected chi connectivity index (χ3v) is 5.69. The number of benzene rings is 2. The SMILES string of the molecule is COC(CCCOc1c(C#N)c(C#N)cc2c1N(C)c1ccccc1S2)OC. The Labute approximate surface area is 169 Å². The van der Waals surface area contributed by atoms with Gasteiger partial charge in [-0.15, -0.1) is 0 Å². The third-order valence-electron chi connectivity index (χ3n) is 4.59. The highest BCUT2D eigenvalue weighted by Gasteiger charge is 2.28. The molecule has 0 aromatic heterocycles. The van der Waals surface area contributed by atoms with Gasteiger partial charge in [0.2, 0.25) is 0 Å². The zero-order chi connectivity index (χ0) is 20.1. The summed E-state index contributed by atoms with van der Waals surface area (Å²) in [6, 6.07) is 14.1. The van der Waals surface area contributed by atoms with Crippen molar-refractivity contribution >= 4 is 23.1 Å². The van der Waals surface area contributed by atoms with Crippen molar-refractivity contribution < 1.29 is 14.2 Å². The second-order valence-corrected chi connectivity index (χ2v) is 7.30. The lowest BCUT2D eigenvalue weighted by molar-refractivity contribution is -0.107. The van der Waals surface area contributed by atoms with Gasteiger partial charge in [-0.3, -0.25) is 0 Å². The van der Waals surface area contributed by atoms with E-state index in [0.717, 1.165) is 21.2 Å². The molecule has 0 fully saturated rings. The topological polar surface area (TPSA) is 78.5 Å². The fourth-order valence-corrected chi connectivity index (χ4v) is 4.37. The molecule has 6 nitrogen and oxygen atoms in total. The van der Waals surface area contributed by atoms with Gasteiger partial charge in [-0.2, -0.15) is 10.5 Å². The molecule has 2 aromatic carbocycles. The molecule has 2 aromatic rings. The second-order valence-electron chi connectivity index (χ2n) is 6.22. The van der Waals surface area contributed by atoms with Gasteiger partial charge >= 0.3 is 0 Å². The molecule has 1 heterocycles. The van der Waals surface area contributed by atoms with E-state index in [1.165, 1.54) is 0 Å². The Balaban J connectivity index is 1.95. The quantitative estimate of drug-likeness (QED) is 0.506. The Morgan fingerprint density at radius 2 is 1.86 bits per heavy atom. The number of nitriles is 2. The van der Waals surface area contributed by atoms with Crippen LogP contribution in [0.4, 0.5) is 11.4 Å². The second kappa shape index (κ2) is 8.99. The minimum Gasteiger partial charge on any atom is -0.490 e. The zero-order valence-corrected chi connectivity index (χ0v) is 16.9. The van der Waals surface area contributed by atoms with Crippen molar-refractivity contribution in [2.75, 3.05) is 32.8 Å². The molecule has 0 atom stereocenters. The molecule has 1 aliphatic rings. The summed E-state index contributed by atoms with van der Waals surface area (Å²) < 4.78 is 16.4. The number of hydrogen-bond donors (Lipinski definition) is 0. The fourth-order valence-electron chi connectivity index (χ4n) is 3.17. The lowest BCUT2D eigenvalue weighted by Crippen LogP contribution is -2.18. The van der Waals surface area contributed by atoms with Crippen LogP contribution in [0, 0.1) is 22.7 Å². The smallest absolute Gasteiger partial charge is 0.163 e. The number of hydrogen-bond acceptors (Lipinski definition) is 7. The first-order valence-corrected chi connectivity index (χ1v) is 9.66. The van der Waals surface area contributed by atoms with E-state index in [4.69, 9.17) is 14.2 Å². The number of para-hydroxylation sites is 1. The maximum atomic E-state index is 9.69. The molecule has 0 saturated carbocycles. The highest BCUT2D eigenvalue weighted by molar-refractivity contribution is 7.99. The van der Waals surface area contributed by atoms with E-state index >= 15 is 0 Å². The Kier molecular flexibility index (Phi) is 6.43. The van der Waals surface area contributed by atoms with Crippen LogP contribution in [0.1, 0.15) is 24.0 Å². The van der Waals surface area contributed by atoms with Gasteiger partial charge in [-0.25, -0.2) is 0 Å². The molecule has 0 unspecified atom stereocenters. The molecule has 0 aliphatic carbocycles. The molecule has 0 saturated heterocycles. The first-order chi connectivity index (χ1) is 13.6. The van der Waals surface area contributed by atoms with Crippen molar-refractivity contribution in [1.29, 1.82) is 10.5 Å².